The van der Waals surface area contributed by atoms with Crippen molar-refractivity contribution in [1.29, 1.82) is 0 Å². The maximum Gasteiger partial charge on any atom is 0.203 e. The van der Waals surface area contributed by atoms with Gasteiger partial charge in [-0.25, -0.2) is 0 Å². The average Bonchev–Trinajstić information content (AvgIpc) is 2.26. The summed E-state index contributed by atoms with van der Waals surface area (Å²) in [5.74, 6) is 1.83. The van der Waals surface area contributed by atoms with Crippen LogP contribution in [0.1, 0.15) is 17.9 Å². The zero-order valence-corrected chi connectivity index (χ0v) is 10.1. The summed E-state index contributed by atoms with van der Waals surface area (Å²) in [5.41, 5.74) is 0.886. The number of alkyl halides is 1. The lowest BCUT2D eigenvalue weighted by Gasteiger charge is -2.16. The molecule has 0 saturated heterocycles. The van der Waals surface area contributed by atoms with Gasteiger partial charge >= 0.3 is 0 Å². The highest BCUT2D eigenvalue weighted by Gasteiger charge is 2.18. The quantitative estimate of drug-likeness (QED) is 0.745. The largest absolute Gasteiger partial charge is 0.493 e. The van der Waals surface area contributed by atoms with E-state index < -0.39 is 0 Å². The third-order valence-electron chi connectivity index (χ3n) is 2.16. The smallest absolute Gasteiger partial charge is 0.203 e. The van der Waals surface area contributed by atoms with E-state index in [1.807, 2.05) is 19.1 Å². The van der Waals surface area contributed by atoms with E-state index in [9.17, 15) is 0 Å². The SMILES string of the molecule is COc1ccc(C(C)Cl)c(OC)c1OC. The summed E-state index contributed by atoms with van der Waals surface area (Å²) in [4.78, 5) is 0. The number of methoxy groups -OCH3 is 3. The van der Waals surface area contributed by atoms with Crippen LogP contribution in [0.25, 0.3) is 0 Å². The lowest BCUT2D eigenvalue weighted by atomic mass is 10.1. The molecule has 1 rings (SSSR count). The fourth-order valence-electron chi connectivity index (χ4n) is 1.44. The second-order valence-electron chi connectivity index (χ2n) is 3.04. The summed E-state index contributed by atoms with van der Waals surface area (Å²) in [6.45, 7) is 1.88. The molecule has 1 unspecified atom stereocenters. The maximum atomic E-state index is 6.04. The molecule has 15 heavy (non-hydrogen) atoms. The monoisotopic (exact) mass is 230 g/mol. The van der Waals surface area contributed by atoms with Gasteiger partial charge in [0.15, 0.2) is 11.5 Å². The van der Waals surface area contributed by atoms with Crippen LogP contribution in [0.5, 0.6) is 17.2 Å². The Morgan fingerprint density at radius 1 is 1.00 bits per heavy atom. The van der Waals surface area contributed by atoms with Crippen LogP contribution in [0, 0.1) is 0 Å². The van der Waals surface area contributed by atoms with E-state index >= 15 is 0 Å². The zero-order valence-electron chi connectivity index (χ0n) is 9.33. The average molecular weight is 231 g/mol. The van der Waals surface area contributed by atoms with Gasteiger partial charge in [-0.15, -0.1) is 11.6 Å². The van der Waals surface area contributed by atoms with Crippen molar-refractivity contribution in [3.8, 4) is 17.2 Å². The van der Waals surface area contributed by atoms with Crippen LogP contribution in [-0.4, -0.2) is 21.3 Å². The molecular weight excluding hydrogens is 216 g/mol. The highest BCUT2D eigenvalue weighted by Crippen LogP contribution is 2.43. The molecule has 0 saturated carbocycles. The van der Waals surface area contributed by atoms with Crippen molar-refractivity contribution in [3.05, 3.63) is 17.7 Å². The van der Waals surface area contributed by atoms with Crippen molar-refractivity contribution in [2.45, 2.75) is 12.3 Å². The van der Waals surface area contributed by atoms with Gasteiger partial charge in [0.25, 0.3) is 0 Å². The number of rotatable bonds is 4. The van der Waals surface area contributed by atoms with Gasteiger partial charge in [0.2, 0.25) is 5.75 Å². The number of ether oxygens (including phenoxy) is 3. The van der Waals surface area contributed by atoms with Crippen molar-refractivity contribution in [2.24, 2.45) is 0 Å². The van der Waals surface area contributed by atoms with E-state index in [1.165, 1.54) is 0 Å². The molecule has 0 fully saturated rings. The predicted octanol–water partition coefficient (Wildman–Crippen LogP) is 3.01. The first kappa shape index (κ1) is 12.0. The molecule has 0 amide bonds. The first-order chi connectivity index (χ1) is 7.15. The maximum absolute atomic E-state index is 6.04. The van der Waals surface area contributed by atoms with Crippen LogP contribution < -0.4 is 14.2 Å². The lowest BCUT2D eigenvalue weighted by Crippen LogP contribution is -1.99. The summed E-state index contributed by atoms with van der Waals surface area (Å²) in [5, 5.41) is -0.139. The molecule has 0 radical (unpaired) electrons. The van der Waals surface area contributed by atoms with Crippen LogP contribution in [0.4, 0.5) is 0 Å². The Morgan fingerprint density at radius 3 is 2.00 bits per heavy atom. The van der Waals surface area contributed by atoms with Crippen molar-refractivity contribution < 1.29 is 14.2 Å². The molecule has 0 aliphatic carbocycles. The second-order valence-corrected chi connectivity index (χ2v) is 3.69. The molecule has 0 aromatic heterocycles. The van der Waals surface area contributed by atoms with Crippen LogP contribution in [0.2, 0.25) is 0 Å². The van der Waals surface area contributed by atoms with Crippen molar-refractivity contribution in [2.75, 3.05) is 21.3 Å². The molecule has 0 N–H and O–H groups in total. The Bertz CT molecular complexity index is 337. The standard InChI is InChI=1S/C11H15ClO3/c1-7(12)8-5-6-9(13-2)11(15-4)10(8)14-3/h5-7H,1-4H3. The van der Waals surface area contributed by atoms with Crippen molar-refractivity contribution in [3.63, 3.8) is 0 Å². The summed E-state index contributed by atoms with van der Waals surface area (Å²) in [6.07, 6.45) is 0. The molecule has 0 spiro atoms. The van der Waals surface area contributed by atoms with E-state index in [-0.39, 0.29) is 5.38 Å². The molecule has 1 aromatic rings. The number of benzene rings is 1. The minimum Gasteiger partial charge on any atom is -0.493 e. The second kappa shape index (κ2) is 5.12. The highest BCUT2D eigenvalue weighted by atomic mass is 35.5. The van der Waals surface area contributed by atoms with E-state index in [4.69, 9.17) is 25.8 Å². The summed E-state index contributed by atoms with van der Waals surface area (Å²) >= 11 is 6.04. The summed E-state index contributed by atoms with van der Waals surface area (Å²) in [7, 11) is 4.74. The Kier molecular flexibility index (Phi) is 4.09. The zero-order chi connectivity index (χ0) is 11.4. The Balaban J connectivity index is 3.34. The Labute approximate surface area is 94.9 Å². The van der Waals surface area contributed by atoms with Crippen molar-refractivity contribution >= 4 is 11.6 Å². The third kappa shape index (κ3) is 2.29. The number of halogens is 1. The molecule has 0 heterocycles. The minimum atomic E-state index is -0.139. The van der Waals surface area contributed by atoms with Gasteiger partial charge in [-0.3, -0.25) is 0 Å². The molecular formula is C11H15ClO3. The first-order valence-corrected chi connectivity index (χ1v) is 5.02. The van der Waals surface area contributed by atoms with Crippen molar-refractivity contribution in [1.82, 2.24) is 0 Å². The van der Waals surface area contributed by atoms with Gasteiger partial charge in [0.1, 0.15) is 0 Å². The van der Waals surface area contributed by atoms with Gasteiger partial charge in [-0.05, 0) is 19.1 Å². The normalized spacial score (nSPS) is 12.1. The fraction of sp³-hybridized carbons (Fsp3) is 0.455. The predicted molar refractivity (Wildman–Crippen MR) is 60.4 cm³/mol. The molecule has 0 bridgehead atoms. The van der Waals surface area contributed by atoms with Crippen LogP contribution in [-0.2, 0) is 0 Å². The van der Waals surface area contributed by atoms with Gasteiger partial charge in [-0.1, -0.05) is 0 Å². The highest BCUT2D eigenvalue weighted by molar-refractivity contribution is 6.20. The lowest BCUT2D eigenvalue weighted by molar-refractivity contribution is 0.322. The molecule has 1 aromatic carbocycles. The molecule has 0 aliphatic heterocycles. The van der Waals surface area contributed by atoms with E-state index in [1.54, 1.807) is 21.3 Å². The summed E-state index contributed by atoms with van der Waals surface area (Å²) < 4.78 is 15.7. The molecule has 3 nitrogen and oxygen atoms in total. The Hall–Kier alpha value is -1.09. The van der Waals surface area contributed by atoms with Gasteiger partial charge in [-0.2, -0.15) is 0 Å². The summed E-state index contributed by atoms with van der Waals surface area (Å²) in [6, 6.07) is 3.69. The van der Waals surface area contributed by atoms with Crippen LogP contribution >= 0.6 is 11.6 Å². The molecule has 84 valence electrons. The molecule has 0 aliphatic rings. The third-order valence-corrected chi connectivity index (χ3v) is 2.40. The molecule has 1 atom stereocenters. The topological polar surface area (TPSA) is 27.7 Å². The van der Waals surface area contributed by atoms with Gasteiger partial charge in [0, 0.05) is 5.56 Å². The number of hydrogen-bond acceptors (Lipinski definition) is 3. The number of hydrogen-bond donors (Lipinski definition) is 0. The van der Waals surface area contributed by atoms with E-state index in [0.717, 1.165) is 5.56 Å². The van der Waals surface area contributed by atoms with Crippen LogP contribution in [0.15, 0.2) is 12.1 Å². The Morgan fingerprint density at radius 2 is 1.60 bits per heavy atom. The molecule has 4 heteroatoms. The minimum absolute atomic E-state index is 0.139. The van der Waals surface area contributed by atoms with E-state index in [2.05, 4.69) is 0 Å². The van der Waals surface area contributed by atoms with Crippen LogP contribution in [0.3, 0.4) is 0 Å². The van der Waals surface area contributed by atoms with Gasteiger partial charge < -0.3 is 14.2 Å². The van der Waals surface area contributed by atoms with E-state index in [0.29, 0.717) is 17.2 Å². The first-order valence-electron chi connectivity index (χ1n) is 4.58. The fourth-order valence-corrected chi connectivity index (χ4v) is 1.61. The van der Waals surface area contributed by atoms with Gasteiger partial charge in [0.05, 0.1) is 26.7 Å².